The SMILES string of the molecule is NC1(C=O)CCC2(CC1)OCCO2. The van der Waals surface area contributed by atoms with Gasteiger partial charge in [0.25, 0.3) is 0 Å². The summed E-state index contributed by atoms with van der Waals surface area (Å²) >= 11 is 0. The molecule has 1 aliphatic carbocycles. The van der Waals surface area contributed by atoms with Gasteiger partial charge in [0.1, 0.15) is 6.29 Å². The van der Waals surface area contributed by atoms with E-state index in [9.17, 15) is 4.79 Å². The summed E-state index contributed by atoms with van der Waals surface area (Å²) < 4.78 is 11.1. The van der Waals surface area contributed by atoms with Gasteiger partial charge in [0.05, 0.1) is 18.8 Å². The molecule has 4 nitrogen and oxygen atoms in total. The normalized spacial score (nSPS) is 30.5. The lowest BCUT2D eigenvalue weighted by Gasteiger charge is -2.38. The molecule has 0 amide bonds. The number of hydrogen-bond donors (Lipinski definition) is 1. The number of carbonyl (C=O) groups excluding carboxylic acids is 1. The molecule has 0 aromatic heterocycles. The van der Waals surface area contributed by atoms with Crippen LogP contribution < -0.4 is 5.73 Å². The highest BCUT2D eigenvalue weighted by molar-refractivity contribution is 5.63. The lowest BCUT2D eigenvalue weighted by atomic mass is 9.80. The molecule has 1 saturated heterocycles. The van der Waals surface area contributed by atoms with E-state index in [2.05, 4.69) is 0 Å². The van der Waals surface area contributed by atoms with Crippen molar-refractivity contribution < 1.29 is 14.3 Å². The van der Waals surface area contributed by atoms with Crippen molar-refractivity contribution >= 4 is 6.29 Å². The molecule has 1 saturated carbocycles. The Morgan fingerprint density at radius 3 is 2.08 bits per heavy atom. The van der Waals surface area contributed by atoms with Crippen molar-refractivity contribution in [1.29, 1.82) is 0 Å². The third-order valence-corrected chi connectivity index (χ3v) is 2.99. The Morgan fingerprint density at radius 1 is 1.08 bits per heavy atom. The standard InChI is InChI=1S/C9H15NO3/c10-8(7-11)1-3-9(4-2-8)12-5-6-13-9/h7H,1-6,10H2. The first kappa shape index (κ1) is 9.12. The Kier molecular flexibility index (Phi) is 2.14. The molecule has 1 heterocycles. The molecule has 2 aliphatic rings. The Hall–Kier alpha value is -0.450. The summed E-state index contributed by atoms with van der Waals surface area (Å²) in [5, 5.41) is 0. The van der Waals surface area contributed by atoms with E-state index in [4.69, 9.17) is 15.2 Å². The van der Waals surface area contributed by atoms with Crippen molar-refractivity contribution in [3.8, 4) is 0 Å². The molecule has 0 bridgehead atoms. The second kappa shape index (κ2) is 3.04. The minimum atomic E-state index is -0.638. The highest BCUT2D eigenvalue weighted by Crippen LogP contribution is 2.38. The van der Waals surface area contributed by atoms with Crippen molar-refractivity contribution in [3.63, 3.8) is 0 Å². The second-order valence-electron chi connectivity index (χ2n) is 3.96. The monoisotopic (exact) mass is 185 g/mol. The number of ether oxygens (including phenoxy) is 2. The van der Waals surface area contributed by atoms with E-state index in [1.165, 1.54) is 0 Å². The topological polar surface area (TPSA) is 61.6 Å². The lowest BCUT2D eigenvalue weighted by molar-refractivity contribution is -0.183. The van der Waals surface area contributed by atoms with Gasteiger partial charge in [-0.3, -0.25) is 0 Å². The Bertz CT molecular complexity index is 201. The van der Waals surface area contributed by atoms with E-state index in [0.29, 0.717) is 26.1 Å². The van der Waals surface area contributed by atoms with Crippen LogP contribution in [0.25, 0.3) is 0 Å². The maximum absolute atomic E-state index is 10.7. The molecule has 0 atom stereocenters. The Labute approximate surface area is 77.4 Å². The lowest BCUT2D eigenvalue weighted by Crippen LogP contribution is -2.50. The highest BCUT2D eigenvalue weighted by atomic mass is 16.7. The van der Waals surface area contributed by atoms with Crippen LogP contribution in [0.5, 0.6) is 0 Å². The van der Waals surface area contributed by atoms with Gasteiger partial charge >= 0.3 is 0 Å². The molecule has 74 valence electrons. The van der Waals surface area contributed by atoms with Crippen molar-refractivity contribution in [1.82, 2.24) is 0 Å². The van der Waals surface area contributed by atoms with Gasteiger partial charge in [0.2, 0.25) is 0 Å². The first-order valence-corrected chi connectivity index (χ1v) is 4.71. The summed E-state index contributed by atoms with van der Waals surface area (Å²) in [7, 11) is 0. The fourth-order valence-corrected chi connectivity index (χ4v) is 2.00. The van der Waals surface area contributed by atoms with Gasteiger partial charge in [-0.25, -0.2) is 0 Å². The molecule has 0 aromatic carbocycles. The first-order chi connectivity index (χ1) is 6.18. The highest BCUT2D eigenvalue weighted by Gasteiger charge is 2.44. The van der Waals surface area contributed by atoms with Crippen molar-refractivity contribution in [2.45, 2.75) is 37.0 Å². The largest absolute Gasteiger partial charge is 0.348 e. The zero-order valence-electron chi connectivity index (χ0n) is 7.62. The molecular weight excluding hydrogens is 170 g/mol. The van der Waals surface area contributed by atoms with Gasteiger partial charge < -0.3 is 20.0 Å². The van der Waals surface area contributed by atoms with E-state index in [1.54, 1.807) is 0 Å². The van der Waals surface area contributed by atoms with Crippen molar-refractivity contribution in [2.24, 2.45) is 5.73 Å². The van der Waals surface area contributed by atoms with Crippen LogP contribution in [-0.4, -0.2) is 30.8 Å². The van der Waals surface area contributed by atoms with E-state index < -0.39 is 11.3 Å². The summed E-state index contributed by atoms with van der Waals surface area (Å²) in [6.45, 7) is 1.33. The van der Waals surface area contributed by atoms with Gasteiger partial charge in [-0.2, -0.15) is 0 Å². The maximum Gasteiger partial charge on any atom is 0.168 e. The minimum absolute atomic E-state index is 0.411. The van der Waals surface area contributed by atoms with Crippen LogP contribution in [0.3, 0.4) is 0 Å². The predicted octanol–water partition coefficient (Wildman–Crippen LogP) is 0.200. The Morgan fingerprint density at radius 2 is 1.62 bits per heavy atom. The smallest absolute Gasteiger partial charge is 0.168 e. The van der Waals surface area contributed by atoms with Crippen LogP contribution in [0, 0.1) is 0 Å². The third kappa shape index (κ3) is 1.61. The van der Waals surface area contributed by atoms with E-state index in [1.807, 2.05) is 0 Å². The number of rotatable bonds is 1. The summed E-state index contributed by atoms with van der Waals surface area (Å²) in [6, 6.07) is 0. The van der Waals surface area contributed by atoms with Crippen molar-refractivity contribution in [3.05, 3.63) is 0 Å². The van der Waals surface area contributed by atoms with Gasteiger partial charge in [-0.1, -0.05) is 0 Å². The van der Waals surface area contributed by atoms with Crippen LogP contribution in [0.4, 0.5) is 0 Å². The molecule has 4 heteroatoms. The summed E-state index contributed by atoms with van der Waals surface area (Å²) in [5.74, 6) is -0.411. The molecule has 13 heavy (non-hydrogen) atoms. The van der Waals surface area contributed by atoms with E-state index in [-0.39, 0.29) is 0 Å². The zero-order chi connectivity index (χ0) is 9.36. The van der Waals surface area contributed by atoms with Gasteiger partial charge in [0.15, 0.2) is 5.79 Å². The third-order valence-electron chi connectivity index (χ3n) is 2.99. The fourth-order valence-electron chi connectivity index (χ4n) is 2.00. The maximum atomic E-state index is 10.7. The van der Waals surface area contributed by atoms with E-state index >= 15 is 0 Å². The molecule has 1 aliphatic heterocycles. The van der Waals surface area contributed by atoms with Crippen LogP contribution >= 0.6 is 0 Å². The van der Waals surface area contributed by atoms with Crippen molar-refractivity contribution in [2.75, 3.05) is 13.2 Å². The number of hydrogen-bond acceptors (Lipinski definition) is 4. The number of aldehydes is 1. The summed E-state index contributed by atoms with van der Waals surface area (Å²) in [4.78, 5) is 10.7. The quantitative estimate of drug-likeness (QED) is 0.593. The zero-order valence-corrected chi connectivity index (χ0v) is 7.62. The minimum Gasteiger partial charge on any atom is -0.348 e. The summed E-state index contributed by atoms with van der Waals surface area (Å²) in [6.07, 6.45) is 3.66. The van der Waals surface area contributed by atoms with Gasteiger partial charge in [-0.15, -0.1) is 0 Å². The molecule has 0 aromatic rings. The molecule has 2 N–H and O–H groups in total. The molecule has 0 unspecified atom stereocenters. The van der Waals surface area contributed by atoms with Crippen LogP contribution in [0.15, 0.2) is 0 Å². The average molecular weight is 185 g/mol. The van der Waals surface area contributed by atoms with Crippen LogP contribution in [-0.2, 0) is 14.3 Å². The first-order valence-electron chi connectivity index (χ1n) is 4.71. The van der Waals surface area contributed by atoms with Gasteiger partial charge in [0, 0.05) is 12.8 Å². The average Bonchev–Trinajstić information content (AvgIpc) is 2.61. The number of carbonyl (C=O) groups is 1. The molecule has 0 radical (unpaired) electrons. The predicted molar refractivity (Wildman–Crippen MR) is 46.1 cm³/mol. The fraction of sp³-hybridized carbons (Fsp3) is 0.889. The van der Waals surface area contributed by atoms with E-state index in [0.717, 1.165) is 19.1 Å². The Balaban J connectivity index is 1.99. The molecule has 1 spiro atoms. The second-order valence-corrected chi connectivity index (χ2v) is 3.96. The molecule has 2 rings (SSSR count). The molecule has 2 fully saturated rings. The van der Waals surface area contributed by atoms with Gasteiger partial charge in [-0.05, 0) is 12.8 Å². The molecular formula is C9H15NO3. The van der Waals surface area contributed by atoms with Crippen LogP contribution in [0.1, 0.15) is 25.7 Å². The van der Waals surface area contributed by atoms with Crippen LogP contribution in [0.2, 0.25) is 0 Å². The number of nitrogens with two attached hydrogens (primary N) is 1. The summed E-state index contributed by atoms with van der Waals surface area (Å²) in [5.41, 5.74) is 5.19.